The van der Waals surface area contributed by atoms with Crippen LogP contribution in [0, 0.1) is 0 Å². The van der Waals surface area contributed by atoms with E-state index in [0.717, 1.165) is 27.4 Å². The summed E-state index contributed by atoms with van der Waals surface area (Å²) in [5, 5.41) is 3.94. The highest BCUT2D eigenvalue weighted by atomic mass is 79.9. The maximum absolute atomic E-state index is 12.3. The third kappa shape index (κ3) is 2.43. The van der Waals surface area contributed by atoms with Crippen molar-refractivity contribution < 1.29 is 9.53 Å². The highest BCUT2D eigenvalue weighted by Crippen LogP contribution is 2.35. The number of nitrogens with one attached hydrogen (secondary N) is 1. The Morgan fingerprint density at radius 2 is 2.25 bits per heavy atom. The summed E-state index contributed by atoms with van der Waals surface area (Å²) in [7, 11) is 1.70. The van der Waals surface area contributed by atoms with Gasteiger partial charge in [-0.25, -0.2) is 0 Å². The molecule has 106 valence electrons. The van der Waals surface area contributed by atoms with E-state index in [4.69, 9.17) is 10.5 Å². The Balaban J connectivity index is 1.80. The van der Waals surface area contributed by atoms with Gasteiger partial charge in [-0.1, -0.05) is 15.9 Å². The summed E-state index contributed by atoms with van der Waals surface area (Å²) < 4.78 is 7.20. The number of fused-ring (bicyclic) bond motifs is 1. The van der Waals surface area contributed by atoms with E-state index in [2.05, 4.69) is 21.2 Å². The maximum Gasteiger partial charge on any atom is 0.263 e. The van der Waals surface area contributed by atoms with Crippen LogP contribution in [0.15, 0.2) is 22.7 Å². The predicted molar refractivity (Wildman–Crippen MR) is 85.2 cm³/mol. The summed E-state index contributed by atoms with van der Waals surface area (Å²) in [6.45, 7) is 0. The summed E-state index contributed by atoms with van der Waals surface area (Å²) in [5.41, 5.74) is 6.66. The van der Waals surface area contributed by atoms with Gasteiger partial charge in [-0.05, 0) is 31.0 Å². The van der Waals surface area contributed by atoms with Gasteiger partial charge in [0.15, 0.2) is 0 Å². The zero-order chi connectivity index (χ0) is 14.3. The minimum Gasteiger partial charge on any atom is -0.397 e. The molecule has 20 heavy (non-hydrogen) atoms. The van der Waals surface area contributed by atoms with E-state index in [1.807, 2.05) is 18.2 Å². The molecule has 1 fully saturated rings. The van der Waals surface area contributed by atoms with Crippen LogP contribution >= 0.6 is 27.3 Å². The van der Waals surface area contributed by atoms with Gasteiger partial charge in [-0.3, -0.25) is 4.79 Å². The number of halogens is 1. The first-order valence-electron chi connectivity index (χ1n) is 6.39. The van der Waals surface area contributed by atoms with E-state index in [9.17, 15) is 4.79 Å². The number of ether oxygens (including phenoxy) is 1. The first-order valence-corrected chi connectivity index (χ1v) is 8.00. The Kier molecular flexibility index (Phi) is 3.70. The highest BCUT2D eigenvalue weighted by molar-refractivity contribution is 9.10. The molecule has 0 spiro atoms. The molecule has 1 heterocycles. The van der Waals surface area contributed by atoms with Crippen molar-refractivity contribution in [2.75, 3.05) is 12.8 Å². The van der Waals surface area contributed by atoms with E-state index in [1.165, 1.54) is 11.3 Å². The smallest absolute Gasteiger partial charge is 0.263 e. The van der Waals surface area contributed by atoms with Crippen LogP contribution in [0.2, 0.25) is 0 Å². The lowest BCUT2D eigenvalue weighted by atomic mass is 9.89. The largest absolute Gasteiger partial charge is 0.397 e. The monoisotopic (exact) mass is 354 g/mol. The lowest BCUT2D eigenvalue weighted by Gasteiger charge is -2.34. The fraction of sp³-hybridized carbons (Fsp3) is 0.357. The number of nitrogen functional groups attached to an aromatic ring is 1. The Labute approximate surface area is 129 Å². The van der Waals surface area contributed by atoms with Gasteiger partial charge in [0.1, 0.15) is 4.88 Å². The third-order valence-electron chi connectivity index (χ3n) is 3.66. The molecule has 0 aliphatic heterocycles. The first-order chi connectivity index (χ1) is 9.58. The SMILES string of the molecule is COC1CC(NC(=O)c2sc3ccc(Br)cc3c2N)C1. The first kappa shape index (κ1) is 13.9. The average Bonchev–Trinajstić information content (AvgIpc) is 2.70. The normalized spacial score (nSPS) is 21.7. The number of amides is 1. The Morgan fingerprint density at radius 1 is 1.50 bits per heavy atom. The summed E-state index contributed by atoms with van der Waals surface area (Å²) in [4.78, 5) is 12.9. The number of anilines is 1. The third-order valence-corrected chi connectivity index (χ3v) is 5.34. The number of rotatable bonds is 3. The molecule has 1 aromatic carbocycles. The number of nitrogens with two attached hydrogens (primary N) is 1. The maximum atomic E-state index is 12.3. The molecule has 1 saturated carbocycles. The van der Waals surface area contributed by atoms with Gasteiger partial charge in [0.05, 0.1) is 11.8 Å². The molecule has 4 nitrogen and oxygen atoms in total. The van der Waals surface area contributed by atoms with Crippen molar-refractivity contribution in [1.82, 2.24) is 5.32 Å². The molecule has 1 amide bonds. The zero-order valence-electron chi connectivity index (χ0n) is 11.0. The van der Waals surface area contributed by atoms with Crippen LogP contribution in [-0.4, -0.2) is 25.2 Å². The van der Waals surface area contributed by atoms with Crippen LogP contribution in [0.3, 0.4) is 0 Å². The van der Waals surface area contributed by atoms with Crippen LogP contribution in [0.1, 0.15) is 22.5 Å². The van der Waals surface area contributed by atoms with Gasteiger partial charge < -0.3 is 15.8 Å². The van der Waals surface area contributed by atoms with Gasteiger partial charge in [-0.15, -0.1) is 11.3 Å². The Bertz CT molecular complexity index is 664. The van der Waals surface area contributed by atoms with Crippen molar-refractivity contribution in [2.45, 2.75) is 25.0 Å². The summed E-state index contributed by atoms with van der Waals surface area (Å²) in [5.74, 6) is -0.0839. The molecule has 3 N–H and O–H groups in total. The Hall–Kier alpha value is -1.11. The van der Waals surface area contributed by atoms with E-state index < -0.39 is 0 Å². The minimum absolute atomic E-state index is 0.0839. The number of benzene rings is 1. The number of carbonyl (C=O) groups excluding carboxylic acids is 1. The van der Waals surface area contributed by atoms with Crippen molar-refractivity contribution in [3.63, 3.8) is 0 Å². The van der Waals surface area contributed by atoms with Gasteiger partial charge in [0.2, 0.25) is 0 Å². The fourth-order valence-electron chi connectivity index (χ4n) is 2.38. The molecule has 1 aliphatic carbocycles. The van der Waals surface area contributed by atoms with Crippen molar-refractivity contribution >= 4 is 48.9 Å². The van der Waals surface area contributed by atoms with Crippen molar-refractivity contribution in [3.05, 3.63) is 27.5 Å². The quantitative estimate of drug-likeness (QED) is 0.889. The molecule has 0 atom stereocenters. The molecule has 0 saturated heterocycles. The molecule has 2 aromatic rings. The number of carbonyl (C=O) groups is 1. The lowest BCUT2D eigenvalue weighted by molar-refractivity contribution is 0.0177. The van der Waals surface area contributed by atoms with E-state index in [0.29, 0.717) is 10.6 Å². The van der Waals surface area contributed by atoms with Crippen LogP contribution in [0.4, 0.5) is 5.69 Å². The predicted octanol–water partition coefficient (Wildman–Crippen LogP) is 3.15. The molecule has 0 bridgehead atoms. The highest BCUT2D eigenvalue weighted by Gasteiger charge is 2.31. The molecule has 0 unspecified atom stereocenters. The molecule has 0 radical (unpaired) electrons. The van der Waals surface area contributed by atoms with E-state index in [1.54, 1.807) is 7.11 Å². The van der Waals surface area contributed by atoms with Crippen LogP contribution in [0.25, 0.3) is 10.1 Å². The molecule has 6 heteroatoms. The lowest BCUT2D eigenvalue weighted by Crippen LogP contribution is -2.47. The van der Waals surface area contributed by atoms with Gasteiger partial charge in [-0.2, -0.15) is 0 Å². The number of thiophene rings is 1. The molecule has 1 aliphatic rings. The standard InChI is InChI=1S/C14H15BrN2O2S/c1-19-9-5-8(6-9)17-14(18)13-12(16)10-4-7(15)2-3-11(10)20-13/h2-4,8-9H,5-6,16H2,1H3,(H,17,18). The number of hydrogen-bond acceptors (Lipinski definition) is 4. The van der Waals surface area contributed by atoms with Crippen molar-refractivity contribution in [1.29, 1.82) is 0 Å². The molecule has 1 aromatic heterocycles. The van der Waals surface area contributed by atoms with Gasteiger partial charge >= 0.3 is 0 Å². The van der Waals surface area contributed by atoms with E-state index >= 15 is 0 Å². The second-order valence-electron chi connectivity index (χ2n) is 4.98. The minimum atomic E-state index is -0.0839. The second kappa shape index (κ2) is 5.35. The van der Waals surface area contributed by atoms with Gasteiger partial charge in [0.25, 0.3) is 5.91 Å². The van der Waals surface area contributed by atoms with Gasteiger partial charge in [0, 0.05) is 27.7 Å². The molecule has 3 rings (SSSR count). The van der Waals surface area contributed by atoms with Crippen LogP contribution in [0.5, 0.6) is 0 Å². The number of hydrogen-bond donors (Lipinski definition) is 2. The van der Waals surface area contributed by atoms with Crippen molar-refractivity contribution in [3.8, 4) is 0 Å². The molecular weight excluding hydrogens is 340 g/mol. The van der Waals surface area contributed by atoms with E-state index in [-0.39, 0.29) is 18.1 Å². The molecular formula is C14H15BrN2O2S. The fourth-order valence-corrected chi connectivity index (χ4v) is 3.75. The van der Waals surface area contributed by atoms with Crippen LogP contribution in [-0.2, 0) is 4.74 Å². The van der Waals surface area contributed by atoms with Crippen LogP contribution < -0.4 is 11.1 Å². The second-order valence-corrected chi connectivity index (χ2v) is 6.95. The average molecular weight is 355 g/mol. The summed E-state index contributed by atoms with van der Waals surface area (Å²) >= 11 is 4.86. The number of methoxy groups -OCH3 is 1. The zero-order valence-corrected chi connectivity index (χ0v) is 13.4. The Morgan fingerprint density at radius 3 is 2.95 bits per heavy atom. The summed E-state index contributed by atoms with van der Waals surface area (Å²) in [6, 6.07) is 6.07. The topological polar surface area (TPSA) is 64.3 Å². The van der Waals surface area contributed by atoms with Crippen molar-refractivity contribution in [2.24, 2.45) is 0 Å². The summed E-state index contributed by atoms with van der Waals surface area (Å²) in [6.07, 6.45) is 2.02.